The van der Waals surface area contributed by atoms with Crippen LogP contribution < -0.4 is 10.5 Å². The molecule has 5 heteroatoms. The maximum absolute atomic E-state index is 11.7. The number of hydrogen-bond donors (Lipinski definition) is 1. The normalized spacial score (nSPS) is 10.6. The molecule has 0 fully saturated rings. The molecule has 3 aromatic rings. The zero-order chi connectivity index (χ0) is 17.3. The van der Waals surface area contributed by atoms with E-state index in [4.69, 9.17) is 15.5 Å². The molecule has 0 saturated heterocycles. The second kappa shape index (κ2) is 6.45. The van der Waals surface area contributed by atoms with Crippen LogP contribution in [0.1, 0.15) is 21.5 Å². The van der Waals surface area contributed by atoms with Gasteiger partial charge in [0.2, 0.25) is 5.91 Å². The summed E-state index contributed by atoms with van der Waals surface area (Å²) >= 11 is 1.49. The Bertz CT molecular complexity index is 895. The number of aromatic nitrogens is 1. The van der Waals surface area contributed by atoms with E-state index in [9.17, 15) is 4.79 Å². The summed E-state index contributed by atoms with van der Waals surface area (Å²) in [6.45, 7) is 4.13. The van der Waals surface area contributed by atoms with Crippen LogP contribution in [0.25, 0.3) is 21.8 Å². The number of thiazole rings is 1. The van der Waals surface area contributed by atoms with Gasteiger partial charge < -0.3 is 10.5 Å². The molecular weight excluding hydrogens is 320 g/mol. The summed E-state index contributed by atoms with van der Waals surface area (Å²) in [5, 5.41) is 2.74. The van der Waals surface area contributed by atoms with E-state index < -0.39 is 5.91 Å². The van der Waals surface area contributed by atoms with Gasteiger partial charge in [-0.15, -0.1) is 11.3 Å². The van der Waals surface area contributed by atoms with Crippen LogP contribution in [0.4, 0.5) is 0 Å². The Balaban J connectivity index is 2.09. The minimum absolute atomic E-state index is 0.442. The van der Waals surface area contributed by atoms with E-state index >= 15 is 0 Å². The quantitative estimate of drug-likeness (QED) is 0.775. The van der Waals surface area contributed by atoms with E-state index in [1.807, 2.05) is 5.38 Å². The zero-order valence-electron chi connectivity index (χ0n) is 13.8. The zero-order valence-corrected chi connectivity index (χ0v) is 14.6. The number of carbonyl (C=O) groups excluding carboxylic acids is 1. The van der Waals surface area contributed by atoms with Gasteiger partial charge in [0.1, 0.15) is 10.8 Å². The second-order valence-corrected chi connectivity index (χ2v) is 6.55. The van der Waals surface area contributed by atoms with E-state index in [0.717, 1.165) is 16.3 Å². The molecule has 1 amide bonds. The molecule has 0 unspecified atom stereocenters. The number of hydrogen-bond acceptors (Lipinski definition) is 4. The highest BCUT2D eigenvalue weighted by Gasteiger charge is 2.15. The third kappa shape index (κ3) is 3.16. The number of aryl methyl sites for hydroxylation is 2. The van der Waals surface area contributed by atoms with Crippen molar-refractivity contribution < 1.29 is 9.53 Å². The molecule has 0 aliphatic rings. The number of carbonyl (C=O) groups is 1. The fourth-order valence-corrected chi connectivity index (χ4v) is 3.55. The number of nitrogens with zero attached hydrogens (tertiary/aromatic N) is 1. The van der Waals surface area contributed by atoms with Gasteiger partial charge in [0, 0.05) is 22.1 Å². The van der Waals surface area contributed by atoms with Crippen molar-refractivity contribution in [3.05, 3.63) is 58.5 Å². The van der Waals surface area contributed by atoms with Gasteiger partial charge >= 0.3 is 0 Å². The van der Waals surface area contributed by atoms with Crippen molar-refractivity contribution in [3.63, 3.8) is 0 Å². The monoisotopic (exact) mass is 338 g/mol. The van der Waals surface area contributed by atoms with Crippen LogP contribution in [0, 0.1) is 13.8 Å². The first-order valence-corrected chi connectivity index (χ1v) is 8.38. The lowest BCUT2D eigenvalue weighted by molar-refractivity contribution is 0.100. The van der Waals surface area contributed by atoms with Gasteiger partial charge in [0.25, 0.3) is 0 Å². The largest absolute Gasteiger partial charge is 0.497 e. The fraction of sp³-hybridized carbons (Fsp3) is 0.158. The van der Waals surface area contributed by atoms with Crippen molar-refractivity contribution in [1.29, 1.82) is 0 Å². The molecule has 0 radical (unpaired) electrons. The molecule has 1 heterocycles. The Labute approximate surface area is 144 Å². The third-order valence-electron chi connectivity index (χ3n) is 3.74. The minimum atomic E-state index is -0.476. The molecule has 1 aromatic heterocycles. The molecule has 0 aliphatic carbocycles. The van der Waals surface area contributed by atoms with Crippen molar-refractivity contribution >= 4 is 17.2 Å². The van der Waals surface area contributed by atoms with Gasteiger partial charge in [-0.25, -0.2) is 4.98 Å². The van der Waals surface area contributed by atoms with E-state index in [-0.39, 0.29) is 0 Å². The van der Waals surface area contributed by atoms with Crippen molar-refractivity contribution in [2.45, 2.75) is 13.8 Å². The van der Waals surface area contributed by atoms with Crippen molar-refractivity contribution in [2.75, 3.05) is 7.11 Å². The molecule has 0 aliphatic heterocycles. The lowest BCUT2D eigenvalue weighted by Crippen LogP contribution is -2.12. The first-order valence-electron chi connectivity index (χ1n) is 7.50. The maximum atomic E-state index is 11.7. The van der Waals surface area contributed by atoms with Crippen LogP contribution in [-0.4, -0.2) is 18.0 Å². The Morgan fingerprint density at radius 3 is 2.46 bits per heavy atom. The fourth-order valence-electron chi connectivity index (χ4n) is 2.69. The Kier molecular flexibility index (Phi) is 4.36. The summed E-state index contributed by atoms with van der Waals surface area (Å²) in [7, 11) is 1.59. The lowest BCUT2D eigenvalue weighted by atomic mass is 10.1. The van der Waals surface area contributed by atoms with Crippen LogP contribution in [0.2, 0.25) is 0 Å². The average Bonchev–Trinajstić information content (AvgIpc) is 3.03. The summed E-state index contributed by atoms with van der Waals surface area (Å²) in [4.78, 5) is 16.4. The first-order chi connectivity index (χ1) is 11.5. The smallest absolute Gasteiger partial charge is 0.249 e. The Morgan fingerprint density at radius 2 is 1.83 bits per heavy atom. The van der Waals surface area contributed by atoms with E-state index in [2.05, 4.69) is 32.0 Å². The number of ether oxygens (including phenoxy) is 1. The Hall–Kier alpha value is -2.66. The second-order valence-electron chi connectivity index (χ2n) is 5.69. The minimum Gasteiger partial charge on any atom is -0.497 e. The van der Waals surface area contributed by atoms with Gasteiger partial charge in [-0.3, -0.25) is 4.79 Å². The van der Waals surface area contributed by atoms with Gasteiger partial charge in [-0.05, 0) is 44.2 Å². The molecule has 0 bridgehead atoms. The maximum Gasteiger partial charge on any atom is 0.249 e. The molecular formula is C19H18N2O2S. The van der Waals surface area contributed by atoms with E-state index in [1.54, 1.807) is 25.3 Å². The topological polar surface area (TPSA) is 65.2 Å². The molecule has 0 atom stereocenters. The number of methoxy groups -OCH3 is 1. The van der Waals surface area contributed by atoms with Gasteiger partial charge in [-0.2, -0.15) is 0 Å². The highest BCUT2D eigenvalue weighted by atomic mass is 32.1. The molecule has 3 rings (SSSR count). The molecule has 2 aromatic carbocycles. The summed E-state index contributed by atoms with van der Waals surface area (Å²) < 4.78 is 5.26. The standard InChI is InChI=1S/C19H18N2O2S/c1-11-6-12(2)8-13(7-11)17-10-24-19(21-17)16-9-14(23-3)4-5-15(16)18(20)22/h4-10H,1-3H3,(H2,20,22). The highest BCUT2D eigenvalue weighted by Crippen LogP contribution is 2.33. The van der Waals surface area contributed by atoms with Crippen molar-refractivity contribution in [2.24, 2.45) is 5.73 Å². The van der Waals surface area contributed by atoms with Crippen LogP contribution in [0.3, 0.4) is 0 Å². The van der Waals surface area contributed by atoms with E-state index in [0.29, 0.717) is 16.9 Å². The molecule has 24 heavy (non-hydrogen) atoms. The molecule has 2 N–H and O–H groups in total. The number of rotatable bonds is 4. The number of nitrogens with two attached hydrogens (primary N) is 1. The first kappa shape index (κ1) is 16.2. The van der Waals surface area contributed by atoms with Gasteiger partial charge in [0.15, 0.2) is 0 Å². The van der Waals surface area contributed by atoms with Gasteiger partial charge in [0.05, 0.1) is 12.8 Å². The lowest BCUT2D eigenvalue weighted by Gasteiger charge is -2.07. The van der Waals surface area contributed by atoms with Crippen molar-refractivity contribution in [1.82, 2.24) is 4.98 Å². The average molecular weight is 338 g/mol. The third-order valence-corrected chi connectivity index (χ3v) is 4.62. The number of benzene rings is 2. The molecule has 0 saturated carbocycles. The van der Waals surface area contributed by atoms with Crippen LogP contribution >= 0.6 is 11.3 Å². The van der Waals surface area contributed by atoms with Crippen LogP contribution in [0.5, 0.6) is 5.75 Å². The molecule has 122 valence electrons. The number of primary amides is 1. The number of amides is 1. The summed E-state index contributed by atoms with van der Waals surface area (Å²) in [6, 6.07) is 11.5. The molecule has 0 spiro atoms. The SMILES string of the molecule is COc1ccc(C(N)=O)c(-c2nc(-c3cc(C)cc(C)c3)cs2)c1. The van der Waals surface area contributed by atoms with Crippen LogP contribution in [-0.2, 0) is 0 Å². The summed E-state index contributed by atoms with van der Waals surface area (Å²) in [5.74, 6) is 0.189. The summed E-state index contributed by atoms with van der Waals surface area (Å²) in [6.07, 6.45) is 0. The Morgan fingerprint density at radius 1 is 1.12 bits per heavy atom. The van der Waals surface area contributed by atoms with E-state index in [1.165, 1.54) is 22.5 Å². The van der Waals surface area contributed by atoms with Crippen LogP contribution in [0.15, 0.2) is 41.8 Å². The predicted molar refractivity (Wildman–Crippen MR) is 97.5 cm³/mol. The van der Waals surface area contributed by atoms with Crippen molar-refractivity contribution in [3.8, 4) is 27.6 Å². The molecule has 4 nitrogen and oxygen atoms in total. The van der Waals surface area contributed by atoms with Gasteiger partial charge in [-0.1, -0.05) is 17.2 Å². The predicted octanol–water partition coefficient (Wildman–Crippen LogP) is 4.20. The summed E-state index contributed by atoms with van der Waals surface area (Å²) in [5.41, 5.74) is 11.0. The highest BCUT2D eigenvalue weighted by molar-refractivity contribution is 7.13.